The molecule has 0 radical (unpaired) electrons. The zero-order valence-corrected chi connectivity index (χ0v) is 19.3. The Bertz CT molecular complexity index is 953. The molecule has 2 aromatic rings. The standard InChI is InChI=1S/C21H23Cl3N2O2S/c1-12-3-2-6-26(11-12)20(27)13-4-7-25(8-5-13)21(28)19-18(24)17-15(23)9-14(22)10-16(17)29-19/h9-10,12-13H,2-8,11H2,1H3. The second-order valence-corrected chi connectivity index (χ2v) is 10.4. The van der Waals surface area contributed by atoms with E-state index in [4.69, 9.17) is 34.8 Å². The lowest BCUT2D eigenvalue weighted by molar-refractivity contribution is -0.138. The van der Waals surface area contributed by atoms with Crippen LogP contribution in [0.25, 0.3) is 10.1 Å². The van der Waals surface area contributed by atoms with Gasteiger partial charge in [-0.15, -0.1) is 11.3 Å². The second kappa shape index (κ2) is 8.62. The lowest BCUT2D eigenvalue weighted by atomic mass is 9.92. The highest BCUT2D eigenvalue weighted by molar-refractivity contribution is 7.21. The van der Waals surface area contributed by atoms with E-state index < -0.39 is 0 Å². The predicted octanol–water partition coefficient (Wildman–Crippen LogP) is 5.97. The largest absolute Gasteiger partial charge is 0.342 e. The first-order valence-corrected chi connectivity index (χ1v) is 11.9. The number of thiophene rings is 1. The number of hydrogen-bond acceptors (Lipinski definition) is 3. The highest BCUT2D eigenvalue weighted by Gasteiger charge is 2.33. The monoisotopic (exact) mass is 472 g/mol. The van der Waals surface area contributed by atoms with E-state index in [1.165, 1.54) is 17.8 Å². The molecule has 0 spiro atoms. The van der Waals surface area contributed by atoms with Crippen LogP contribution in [0.5, 0.6) is 0 Å². The minimum Gasteiger partial charge on any atom is -0.342 e. The Hall–Kier alpha value is -1.01. The van der Waals surface area contributed by atoms with E-state index in [0.717, 1.165) is 24.2 Å². The molecule has 4 rings (SSSR count). The summed E-state index contributed by atoms with van der Waals surface area (Å²) in [7, 11) is 0. The molecule has 0 saturated carbocycles. The molecular weight excluding hydrogens is 451 g/mol. The van der Waals surface area contributed by atoms with E-state index in [2.05, 4.69) is 6.92 Å². The molecule has 4 nitrogen and oxygen atoms in total. The van der Waals surface area contributed by atoms with Crippen LogP contribution in [0.1, 0.15) is 42.3 Å². The molecule has 8 heteroatoms. The maximum absolute atomic E-state index is 13.1. The maximum atomic E-state index is 13.1. The van der Waals surface area contributed by atoms with Crippen molar-refractivity contribution in [1.82, 2.24) is 9.80 Å². The van der Waals surface area contributed by atoms with Crippen LogP contribution in [-0.2, 0) is 4.79 Å². The van der Waals surface area contributed by atoms with Gasteiger partial charge in [0.05, 0.1) is 10.0 Å². The first-order chi connectivity index (χ1) is 13.8. The highest BCUT2D eigenvalue weighted by Crippen LogP contribution is 2.42. The molecule has 0 bridgehead atoms. The number of halogens is 3. The lowest BCUT2D eigenvalue weighted by Gasteiger charge is -2.37. The van der Waals surface area contributed by atoms with Crippen LogP contribution in [0.15, 0.2) is 12.1 Å². The van der Waals surface area contributed by atoms with Crippen molar-refractivity contribution < 1.29 is 9.59 Å². The molecule has 2 aliphatic rings. The quantitative estimate of drug-likeness (QED) is 0.539. The smallest absolute Gasteiger partial charge is 0.265 e. The molecule has 1 aromatic heterocycles. The van der Waals surface area contributed by atoms with Gasteiger partial charge >= 0.3 is 0 Å². The SMILES string of the molecule is CC1CCCN(C(=O)C2CCN(C(=O)c3sc4cc(Cl)cc(Cl)c4c3Cl)CC2)C1. The molecule has 0 N–H and O–H groups in total. The topological polar surface area (TPSA) is 40.6 Å². The summed E-state index contributed by atoms with van der Waals surface area (Å²) in [5.41, 5.74) is 0. The maximum Gasteiger partial charge on any atom is 0.265 e. The summed E-state index contributed by atoms with van der Waals surface area (Å²) in [5.74, 6) is 0.742. The number of hydrogen-bond donors (Lipinski definition) is 0. The number of amides is 2. The zero-order chi connectivity index (χ0) is 20.7. The van der Waals surface area contributed by atoms with Gasteiger partial charge in [-0.2, -0.15) is 0 Å². The molecule has 156 valence electrons. The molecule has 2 saturated heterocycles. The Morgan fingerprint density at radius 1 is 1.03 bits per heavy atom. The molecule has 1 aromatic carbocycles. The molecule has 29 heavy (non-hydrogen) atoms. The van der Waals surface area contributed by atoms with Crippen molar-refractivity contribution >= 4 is 68.0 Å². The number of likely N-dealkylation sites (tertiary alicyclic amines) is 2. The number of piperidine rings is 2. The van der Waals surface area contributed by atoms with E-state index in [0.29, 0.717) is 57.2 Å². The summed E-state index contributed by atoms with van der Waals surface area (Å²) >= 11 is 20.2. The second-order valence-electron chi connectivity index (χ2n) is 8.10. The highest BCUT2D eigenvalue weighted by atomic mass is 35.5. The summed E-state index contributed by atoms with van der Waals surface area (Å²) in [5, 5.41) is 2.03. The molecule has 3 heterocycles. The van der Waals surface area contributed by atoms with E-state index >= 15 is 0 Å². The van der Waals surface area contributed by atoms with Gasteiger partial charge in [-0.25, -0.2) is 0 Å². The van der Waals surface area contributed by atoms with Crippen molar-refractivity contribution in [2.45, 2.75) is 32.6 Å². The number of carbonyl (C=O) groups is 2. The van der Waals surface area contributed by atoms with Crippen LogP contribution in [0.3, 0.4) is 0 Å². The first kappa shape index (κ1) is 21.2. The van der Waals surface area contributed by atoms with Crippen LogP contribution in [0.2, 0.25) is 15.1 Å². The van der Waals surface area contributed by atoms with Gasteiger partial charge in [-0.05, 0) is 43.7 Å². The minimum absolute atomic E-state index is 0.00970. The number of benzene rings is 1. The van der Waals surface area contributed by atoms with Gasteiger partial charge in [0.25, 0.3) is 5.91 Å². The van der Waals surface area contributed by atoms with Gasteiger partial charge in [0.1, 0.15) is 4.88 Å². The van der Waals surface area contributed by atoms with Crippen LogP contribution >= 0.6 is 46.1 Å². The molecule has 1 atom stereocenters. The van der Waals surface area contributed by atoms with Crippen molar-refractivity contribution in [3.8, 4) is 0 Å². The third-order valence-corrected chi connectivity index (χ3v) is 8.08. The molecule has 1 unspecified atom stereocenters. The fraction of sp³-hybridized carbons (Fsp3) is 0.524. The van der Waals surface area contributed by atoms with Crippen molar-refractivity contribution in [2.75, 3.05) is 26.2 Å². The van der Waals surface area contributed by atoms with Crippen molar-refractivity contribution in [2.24, 2.45) is 11.8 Å². The number of rotatable bonds is 2. The van der Waals surface area contributed by atoms with Crippen LogP contribution in [0.4, 0.5) is 0 Å². The third-order valence-electron chi connectivity index (χ3n) is 5.94. The van der Waals surface area contributed by atoms with E-state index in [1.807, 2.05) is 4.90 Å². The molecule has 0 aliphatic carbocycles. The molecule has 2 amide bonds. The molecular formula is C21H23Cl3N2O2S. The van der Waals surface area contributed by atoms with Crippen LogP contribution < -0.4 is 0 Å². The summed E-state index contributed by atoms with van der Waals surface area (Å²) < 4.78 is 0.806. The normalized spacial score (nSPS) is 21.0. The van der Waals surface area contributed by atoms with Crippen molar-refractivity contribution in [1.29, 1.82) is 0 Å². The zero-order valence-electron chi connectivity index (χ0n) is 16.2. The fourth-order valence-corrected chi connectivity index (χ4v) is 6.71. The van der Waals surface area contributed by atoms with Gasteiger partial charge in [0, 0.05) is 47.2 Å². The average molecular weight is 474 g/mol. The summed E-state index contributed by atoms with van der Waals surface area (Å²) in [6, 6.07) is 3.41. The van der Waals surface area contributed by atoms with Crippen molar-refractivity contribution in [3.05, 3.63) is 32.1 Å². The Balaban J connectivity index is 1.44. The third kappa shape index (κ3) is 4.25. The predicted molar refractivity (Wildman–Crippen MR) is 120 cm³/mol. The van der Waals surface area contributed by atoms with Gasteiger partial charge < -0.3 is 9.80 Å². The molecule has 2 aliphatic heterocycles. The van der Waals surface area contributed by atoms with E-state index in [9.17, 15) is 9.59 Å². The van der Waals surface area contributed by atoms with Crippen LogP contribution in [-0.4, -0.2) is 47.8 Å². The van der Waals surface area contributed by atoms with Gasteiger partial charge in [0.2, 0.25) is 5.91 Å². The number of fused-ring (bicyclic) bond motifs is 1. The Kier molecular flexibility index (Phi) is 6.31. The summed E-state index contributed by atoms with van der Waals surface area (Å²) in [6.45, 7) is 5.06. The van der Waals surface area contributed by atoms with E-state index in [1.54, 1.807) is 17.0 Å². The first-order valence-electron chi connectivity index (χ1n) is 10.00. The Morgan fingerprint density at radius 2 is 1.76 bits per heavy atom. The van der Waals surface area contributed by atoms with Crippen LogP contribution in [0, 0.1) is 11.8 Å². The van der Waals surface area contributed by atoms with Gasteiger partial charge in [0.15, 0.2) is 0 Å². The number of carbonyl (C=O) groups excluding carboxylic acids is 2. The Morgan fingerprint density at radius 3 is 2.45 bits per heavy atom. The van der Waals surface area contributed by atoms with Crippen molar-refractivity contribution in [3.63, 3.8) is 0 Å². The fourth-order valence-electron chi connectivity index (χ4n) is 4.37. The Labute approximate surface area is 189 Å². The van der Waals surface area contributed by atoms with E-state index in [-0.39, 0.29) is 17.7 Å². The van der Waals surface area contributed by atoms with Gasteiger partial charge in [-0.3, -0.25) is 9.59 Å². The average Bonchev–Trinajstić information content (AvgIpc) is 3.03. The number of nitrogens with zero attached hydrogens (tertiary/aromatic N) is 2. The summed E-state index contributed by atoms with van der Waals surface area (Å²) in [6.07, 6.45) is 3.68. The lowest BCUT2D eigenvalue weighted by Crippen LogP contribution is -2.46. The van der Waals surface area contributed by atoms with Gasteiger partial charge in [-0.1, -0.05) is 41.7 Å². The summed E-state index contributed by atoms with van der Waals surface area (Å²) in [4.78, 5) is 30.3. The minimum atomic E-state index is -0.0964. The molecule has 2 fully saturated rings.